The van der Waals surface area contributed by atoms with Gasteiger partial charge >= 0.3 is 11.9 Å². The van der Waals surface area contributed by atoms with Crippen molar-refractivity contribution in [3.63, 3.8) is 0 Å². The summed E-state index contributed by atoms with van der Waals surface area (Å²) in [6.45, 7) is -0.285. The van der Waals surface area contributed by atoms with Gasteiger partial charge in [0.15, 0.2) is 12.4 Å². The average Bonchev–Trinajstić information content (AvgIpc) is 3.24. The summed E-state index contributed by atoms with van der Waals surface area (Å²) in [7, 11) is 0. The molecule has 3 aromatic rings. The van der Waals surface area contributed by atoms with E-state index in [9.17, 15) is 19.2 Å². The standard InChI is InChI=1S/C26H18BrCl2NO6/c27-17-3-6-19(7-4-17)30-13-16(11-24(30)32)25(33)35-14-23(31)15-1-8-20(9-2-15)36-26(34)21-10-5-18(28)12-22(21)29/h1-10,12,16H,11,13-14H2/t16-/m1/s1. The summed E-state index contributed by atoms with van der Waals surface area (Å²) in [5, 5.41) is 0.548. The fraction of sp³-hybridized carbons (Fsp3) is 0.154. The van der Waals surface area contributed by atoms with Crippen molar-refractivity contribution >= 4 is 68.4 Å². The van der Waals surface area contributed by atoms with Crippen molar-refractivity contribution in [1.82, 2.24) is 0 Å². The minimum atomic E-state index is -0.673. The fourth-order valence-corrected chi connectivity index (χ4v) is 4.35. The van der Waals surface area contributed by atoms with Crippen LogP contribution in [0.3, 0.4) is 0 Å². The maximum Gasteiger partial charge on any atom is 0.345 e. The summed E-state index contributed by atoms with van der Waals surface area (Å²) in [6.07, 6.45) is 0.0147. The van der Waals surface area contributed by atoms with Crippen molar-refractivity contribution in [3.05, 3.63) is 92.4 Å². The molecule has 1 aliphatic rings. The summed E-state index contributed by atoms with van der Waals surface area (Å²) in [4.78, 5) is 51.2. The molecule has 0 spiro atoms. The zero-order valence-corrected chi connectivity index (χ0v) is 21.7. The molecule has 1 aliphatic heterocycles. The molecule has 4 rings (SSSR count). The minimum Gasteiger partial charge on any atom is -0.457 e. The van der Waals surface area contributed by atoms with Crippen LogP contribution in [0.2, 0.25) is 10.0 Å². The van der Waals surface area contributed by atoms with Crippen LogP contribution in [0.5, 0.6) is 5.75 Å². The van der Waals surface area contributed by atoms with Crippen molar-refractivity contribution in [2.24, 2.45) is 5.92 Å². The molecular formula is C26H18BrCl2NO6. The van der Waals surface area contributed by atoms with Gasteiger partial charge in [-0.3, -0.25) is 14.4 Å². The Morgan fingerprint density at radius 2 is 1.67 bits per heavy atom. The number of anilines is 1. The van der Waals surface area contributed by atoms with E-state index in [0.717, 1.165) is 4.47 Å². The van der Waals surface area contributed by atoms with Gasteiger partial charge in [-0.2, -0.15) is 0 Å². The van der Waals surface area contributed by atoms with Gasteiger partial charge in [-0.25, -0.2) is 4.79 Å². The van der Waals surface area contributed by atoms with Gasteiger partial charge in [0.25, 0.3) is 0 Å². The van der Waals surface area contributed by atoms with Crippen molar-refractivity contribution in [2.45, 2.75) is 6.42 Å². The van der Waals surface area contributed by atoms with Crippen molar-refractivity contribution in [2.75, 3.05) is 18.1 Å². The molecule has 0 N–H and O–H groups in total. The first-order chi connectivity index (χ1) is 17.2. The molecule has 1 atom stereocenters. The number of benzene rings is 3. The van der Waals surface area contributed by atoms with Gasteiger partial charge < -0.3 is 14.4 Å². The SMILES string of the molecule is O=C(COC(=O)[C@@H]1CC(=O)N(c2ccc(Br)cc2)C1)c1ccc(OC(=O)c2ccc(Cl)cc2Cl)cc1. The Bertz CT molecular complexity index is 1330. The third-order valence-electron chi connectivity index (χ3n) is 5.48. The molecule has 7 nitrogen and oxygen atoms in total. The van der Waals surface area contributed by atoms with Gasteiger partial charge in [-0.1, -0.05) is 39.1 Å². The van der Waals surface area contributed by atoms with Crippen LogP contribution in [0.1, 0.15) is 27.1 Å². The highest BCUT2D eigenvalue weighted by molar-refractivity contribution is 9.10. The number of carbonyl (C=O) groups excluding carboxylic acids is 4. The van der Waals surface area contributed by atoms with Crippen LogP contribution >= 0.6 is 39.1 Å². The number of hydrogen-bond donors (Lipinski definition) is 0. The first-order valence-electron chi connectivity index (χ1n) is 10.7. The van der Waals surface area contributed by atoms with E-state index >= 15 is 0 Å². The monoisotopic (exact) mass is 589 g/mol. The van der Waals surface area contributed by atoms with Crippen LogP contribution in [0.25, 0.3) is 0 Å². The third kappa shape index (κ3) is 6.13. The molecule has 1 heterocycles. The van der Waals surface area contributed by atoms with E-state index in [1.165, 1.54) is 47.4 Å². The molecule has 1 saturated heterocycles. The Kier molecular flexibility index (Phi) is 8.08. The quantitative estimate of drug-likeness (QED) is 0.198. The van der Waals surface area contributed by atoms with Crippen molar-refractivity contribution < 1.29 is 28.7 Å². The van der Waals surface area contributed by atoms with E-state index in [2.05, 4.69) is 15.9 Å². The molecule has 1 fully saturated rings. The Morgan fingerprint density at radius 1 is 0.972 bits per heavy atom. The largest absolute Gasteiger partial charge is 0.457 e. The van der Waals surface area contributed by atoms with Crippen molar-refractivity contribution in [1.29, 1.82) is 0 Å². The highest BCUT2D eigenvalue weighted by Gasteiger charge is 2.36. The molecule has 0 aromatic heterocycles. The Balaban J connectivity index is 1.29. The van der Waals surface area contributed by atoms with Gasteiger partial charge in [0, 0.05) is 33.7 Å². The zero-order valence-electron chi connectivity index (χ0n) is 18.6. The second-order valence-electron chi connectivity index (χ2n) is 7.95. The number of Topliss-reactive ketones (excluding diaryl/α,β-unsaturated/α-hetero) is 1. The second-order valence-corrected chi connectivity index (χ2v) is 9.71. The third-order valence-corrected chi connectivity index (χ3v) is 6.56. The molecule has 0 bridgehead atoms. The lowest BCUT2D eigenvalue weighted by atomic mass is 10.1. The zero-order chi connectivity index (χ0) is 25.8. The molecule has 0 aliphatic carbocycles. The number of amides is 1. The molecule has 0 unspecified atom stereocenters. The van der Waals surface area contributed by atoms with Crippen LogP contribution in [0.15, 0.2) is 71.2 Å². The van der Waals surface area contributed by atoms with E-state index < -0.39 is 30.2 Å². The first kappa shape index (κ1) is 25.9. The number of halogens is 3. The predicted molar refractivity (Wildman–Crippen MR) is 138 cm³/mol. The number of hydrogen-bond acceptors (Lipinski definition) is 6. The summed E-state index contributed by atoms with van der Waals surface area (Å²) >= 11 is 15.2. The lowest BCUT2D eigenvalue weighted by Gasteiger charge is -2.16. The lowest BCUT2D eigenvalue weighted by molar-refractivity contribution is -0.147. The molecule has 3 aromatic carbocycles. The van der Waals surface area contributed by atoms with Crippen LogP contribution in [0.4, 0.5) is 5.69 Å². The van der Waals surface area contributed by atoms with Crippen LogP contribution in [-0.4, -0.2) is 36.8 Å². The highest BCUT2D eigenvalue weighted by Crippen LogP contribution is 2.27. The summed E-state index contributed by atoms with van der Waals surface area (Å²) < 4.78 is 11.3. The molecule has 0 saturated carbocycles. The van der Waals surface area contributed by atoms with E-state index in [0.29, 0.717) is 10.7 Å². The Hall–Kier alpha value is -3.20. The maximum absolute atomic E-state index is 12.5. The summed E-state index contributed by atoms with van der Waals surface area (Å²) in [5.74, 6) is -2.35. The first-order valence-corrected chi connectivity index (χ1v) is 12.3. The van der Waals surface area contributed by atoms with E-state index in [4.69, 9.17) is 32.7 Å². The Labute approximate surface area is 225 Å². The molecule has 10 heteroatoms. The van der Waals surface area contributed by atoms with Crippen LogP contribution in [-0.2, 0) is 14.3 Å². The van der Waals surface area contributed by atoms with Gasteiger partial charge in [-0.15, -0.1) is 0 Å². The molecule has 36 heavy (non-hydrogen) atoms. The fourth-order valence-electron chi connectivity index (χ4n) is 3.60. The number of carbonyl (C=O) groups is 4. The van der Waals surface area contributed by atoms with Crippen molar-refractivity contribution in [3.8, 4) is 5.75 Å². The van der Waals surface area contributed by atoms with Gasteiger partial charge in [0.2, 0.25) is 5.91 Å². The summed E-state index contributed by atoms with van der Waals surface area (Å²) in [6, 6.07) is 17.4. The molecule has 0 radical (unpaired) electrons. The van der Waals surface area contributed by atoms with Crippen LogP contribution in [0, 0.1) is 5.92 Å². The maximum atomic E-state index is 12.5. The average molecular weight is 591 g/mol. The normalized spacial score (nSPS) is 15.0. The summed E-state index contributed by atoms with van der Waals surface area (Å²) in [5.41, 5.74) is 1.11. The van der Waals surface area contributed by atoms with E-state index in [1.807, 2.05) is 12.1 Å². The minimum absolute atomic E-state index is 0.0147. The number of ether oxygens (including phenoxy) is 2. The topological polar surface area (TPSA) is 90.0 Å². The molecular weight excluding hydrogens is 573 g/mol. The predicted octanol–water partition coefficient (Wildman–Crippen LogP) is 5.75. The van der Waals surface area contributed by atoms with Gasteiger partial charge in [0.1, 0.15) is 5.75 Å². The highest BCUT2D eigenvalue weighted by atomic mass is 79.9. The lowest BCUT2D eigenvalue weighted by Crippen LogP contribution is -2.27. The molecule has 1 amide bonds. The number of ketones is 1. The second kappa shape index (κ2) is 11.2. The van der Waals surface area contributed by atoms with Gasteiger partial charge in [0.05, 0.1) is 16.5 Å². The number of rotatable bonds is 7. The Morgan fingerprint density at radius 3 is 2.33 bits per heavy atom. The smallest absolute Gasteiger partial charge is 0.345 e. The van der Waals surface area contributed by atoms with E-state index in [1.54, 1.807) is 12.1 Å². The van der Waals surface area contributed by atoms with Crippen LogP contribution < -0.4 is 9.64 Å². The van der Waals surface area contributed by atoms with E-state index in [-0.39, 0.29) is 40.8 Å². The molecule has 184 valence electrons. The number of nitrogens with zero attached hydrogens (tertiary/aromatic N) is 1. The van der Waals surface area contributed by atoms with Gasteiger partial charge in [-0.05, 0) is 66.7 Å². The number of esters is 2.